The van der Waals surface area contributed by atoms with Crippen LogP contribution in [-0.2, 0) is 9.59 Å². The van der Waals surface area contributed by atoms with Crippen LogP contribution in [-0.4, -0.2) is 61.4 Å². The second kappa shape index (κ2) is 6.18. The van der Waals surface area contributed by atoms with Crippen LogP contribution < -0.4 is 5.32 Å². The Hall–Kier alpha value is -1.10. The molecule has 2 aliphatic rings. The Morgan fingerprint density at radius 1 is 1.33 bits per heavy atom. The zero-order chi connectivity index (χ0) is 13.0. The molecule has 0 unspecified atom stereocenters. The molecular weight excluding hydrogens is 230 g/mol. The maximum absolute atomic E-state index is 12.2. The first-order chi connectivity index (χ1) is 8.66. The summed E-state index contributed by atoms with van der Waals surface area (Å²) in [4.78, 5) is 27.4. The minimum Gasteiger partial charge on any atom is -0.344 e. The lowest BCUT2D eigenvalue weighted by Crippen LogP contribution is -2.39. The van der Waals surface area contributed by atoms with Crippen molar-refractivity contribution in [1.82, 2.24) is 15.1 Å². The molecule has 5 nitrogen and oxygen atoms in total. The van der Waals surface area contributed by atoms with E-state index in [1.54, 1.807) is 9.80 Å². The summed E-state index contributed by atoms with van der Waals surface area (Å²) >= 11 is 0. The maximum Gasteiger partial charge on any atom is 0.241 e. The number of piperidine rings is 1. The normalized spacial score (nSPS) is 23.1. The highest BCUT2D eigenvalue weighted by atomic mass is 16.2. The average molecular weight is 253 g/mol. The van der Waals surface area contributed by atoms with E-state index in [1.807, 2.05) is 7.05 Å². The van der Waals surface area contributed by atoms with E-state index in [1.165, 1.54) is 0 Å². The largest absolute Gasteiger partial charge is 0.344 e. The van der Waals surface area contributed by atoms with Crippen LogP contribution in [0.5, 0.6) is 0 Å². The number of carbonyl (C=O) groups excluding carboxylic acids is 2. The molecule has 0 radical (unpaired) electrons. The van der Waals surface area contributed by atoms with Crippen LogP contribution in [0.1, 0.15) is 25.7 Å². The maximum atomic E-state index is 12.2. The van der Waals surface area contributed by atoms with Gasteiger partial charge in [-0.1, -0.05) is 0 Å². The van der Waals surface area contributed by atoms with E-state index in [9.17, 15) is 9.59 Å². The van der Waals surface area contributed by atoms with Gasteiger partial charge in [-0.25, -0.2) is 0 Å². The Kier molecular flexibility index (Phi) is 4.58. The molecule has 2 aliphatic heterocycles. The summed E-state index contributed by atoms with van der Waals surface area (Å²) in [6.45, 7) is 3.77. The third-order valence-corrected chi connectivity index (χ3v) is 3.95. The molecule has 0 bridgehead atoms. The summed E-state index contributed by atoms with van der Waals surface area (Å²) in [5.74, 6) is 0.714. The number of hydrogen-bond acceptors (Lipinski definition) is 3. The standard InChI is InChI=1S/C13H23N3O2/c1-15-7-2-8-16(10-13(15)18)12(17)9-11-3-5-14-6-4-11/h11,14H,2-10H2,1H3. The van der Waals surface area contributed by atoms with E-state index in [0.29, 0.717) is 12.3 Å². The minimum atomic E-state index is 0.0613. The van der Waals surface area contributed by atoms with Crippen molar-refractivity contribution < 1.29 is 9.59 Å². The Balaban J connectivity index is 1.85. The minimum absolute atomic E-state index is 0.0613. The van der Waals surface area contributed by atoms with Gasteiger partial charge in [0, 0.05) is 26.6 Å². The second-order valence-electron chi connectivity index (χ2n) is 5.38. The lowest BCUT2D eigenvalue weighted by atomic mass is 9.94. The molecule has 0 saturated carbocycles. The van der Waals surface area contributed by atoms with E-state index in [-0.39, 0.29) is 18.4 Å². The van der Waals surface area contributed by atoms with Crippen molar-refractivity contribution in [3.8, 4) is 0 Å². The zero-order valence-corrected chi connectivity index (χ0v) is 11.2. The molecule has 2 fully saturated rings. The molecule has 2 saturated heterocycles. The summed E-state index contributed by atoms with van der Waals surface area (Å²) < 4.78 is 0. The average Bonchev–Trinajstić information content (AvgIpc) is 2.53. The van der Waals surface area contributed by atoms with Crippen LogP contribution in [0.15, 0.2) is 0 Å². The van der Waals surface area contributed by atoms with E-state index in [2.05, 4.69) is 5.32 Å². The van der Waals surface area contributed by atoms with Gasteiger partial charge in [0.05, 0.1) is 6.54 Å². The van der Waals surface area contributed by atoms with E-state index in [4.69, 9.17) is 0 Å². The fourth-order valence-electron chi connectivity index (χ4n) is 2.66. The summed E-state index contributed by atoms with van der Waals surface area (Å²) in [6, 6.07) is 0. The number of carbonyl (C=O) groups is 2. The van der Waals surface area contributed by atoms with Crippen LogP contribution in [0, 0.1) is 5.92 Å². The predicted octanol–water partition coefficient (Wildman–Crippen LogP) is 0.0668. The van der Waals surface area contributed by atoms with Crippen molar-refractivity contribution in [3.63, 3.8) is 0 Å². The molecule has 5 heteroatoms. The number of nitrogens with zero attached hydrogens (tertiary/aromatic N) is 2. The van der Waals surface area contributed by atoms with Gasteiger partial charge < -0.3 is 15.1 Å². The van der Waals surface area contributed by atoms with Crippen molar-refractivity contribution in [2.75, 3.05) is 39.8 Å². The molecule has 0 spiro atoms. The van der Waals surface area contributed by atoms with Crippen molar-refractivity contribution in [3.05, 3.63) is 0 Å². The van der Waals surface area contributed by atoms with Gasteiger partial charge in [-0.05, 0) is 38.3 Å². The molecule has 2 amide bonds. The van der Waals surface area contributed by atoms with Gasteiger partial charge >= 0.3 is 0 Å². The van der Waals surface area contributed by atoms with Crippen LogP contribution in [0.3, 0.4) is 0 Å². The van der Waals surface area contributed by atoms with Crippen molar-refractivity contribution in [1.29, 1.82) is 0 Å². The fraction of sp³-hybridized carbons (Fsp3) is 0.846. The lowest BCUT2D eigenvalue weighted by Gasteiger charge is -2.26. The van der Waals surface area contributed by atoms with Crippen LogP contribution >= 0.6 is 0 Å². The molecule has 0 aromatic heterocycles. The first-order valence-electron chi connectivity index (χ1n) is 6.89. The van der Waals surface area contributed by atoms with Gasteiger partial charge in [-0.2, -0.15) is 0 Å². The SMILES string of the molecule is CN1CCCN(C(=O)CC2CCNCC2)CC1=O. The monoisotopic (exact) mass is 253 g/mol. The van der Waals surface area contributed by atoms with E-state index < -0.39 is 0 Å². The molecule has 1 N–H and O–H groups in total. The molecule has 0 aliphatic carbocycles. The van der Waals surface area contributed by atoms with E-state index in [0.717, 1.165) is 45.4 Å². The topological polar surface area (TPSA) is 52.6 Å². The van der Waals surface area contributed by atoms with Gasteiger partial charge in [0.2, 0.25) is 11.8 Å². The Bertz CT molecular complexity index is 313. The highest BCUT2D eigenvalue weighted by molar-refractivity contribution is 5.85. The second-order valence-corrected chi connectivity index (χ2v) is 5.38. The van der Waals surface area contributed by atoms with Gasteiger partial charge in [-0.3, -0.25) is 9.59 Å². The number of rotatable bonds is 2. The van der Waals surface area contributed by atoms with Gasteiger partial charge in [0.1, 0.15) is 0 Å². The summed E-state index contributed by atoms with van der Waals surface area (Å²) in [5.41, 5.74) is 0. The molecule has 2 rings (SSSR count). The van der Waals surface area contributed by atoms with Crippen molar-refractivity contribution >= 4 is 11.8 Å². The molecule has 0 aromatic rings. The molecule has 0 atom stereocenters. The predicted molar refractivity (Wildman–Crippen MR) is 69.0 cm³/mol. The third kappa shape index (κ3) is 3.45. The van der Waals surface area contributed by atoms with Gasteiger partial charge in [-0.15, -0.1) is 0 Å². The van der Waals surface area contributed by atoms with Crippen LogP contribution in [0.4, 0.5) is 0 Å². The molecule has 0 aromatic carbocycles. The molecular formula is C13H23N3O2. The third-order valence-electron chi connectivity index (χ3n) is 3.95. The van der Waals surface area contributed by atoms with E-state index >= 15 is 0 Å². The first-order valence-corrected chi connectivity index (χ1v) is 6.89. The molecule has 102 valence electrons. The Labute approximate surface area is 108 Å². The lowest BCUT2D eigenvalue weighted by molar-refractivity contribution is -0.138. The highest BCUT2D eigenvalue weighted by Crippen LogP contribution is 2.17. The number of nitrogens with one attached hydrogen (secondary N) is 1. The zero-order valence-electron chi connectivity index (χ0n) is 11.2. The van der Waals surface area contributed by atoms with Crippen molar-refractivity contribution in [2.45, 2.75) is 25.7 Å². The molecule has 18 heavy (non-hydrogen) atoms. The number of likely N-dealkylation sites (N-methyl/N-ethyl adjacent to an activating group) is 1. The molecule has 2 heterocycles. The summed E-state index contributed by atoms with van der Waals surface area (Å²) in [6.07, 6.45) is 3.65. The fourth-order valence-corrected chi connectivity index (χ4v) is 2.66. The van der Waals surface area contributed by atoms with Gasteiger partial charge in [0.25, 0.3) is 0 Å². The Morgan fingerprint density at radius 2 is 2.06 bits per heavy atom. The first kappa shape index (κ1) is 13.3. The number of hydrogen-bond donors (Lipinski definition) is 1. The number of amides is 2. The van der Waals surface area contributed by atoms with Crippen LogP contribution in [0.2, 0.25) is 0 Å². The quantitative estimate of drug-likeness (QED) is 0.757. The van der Waals surface area contributed by atoms with Crippen LogP contribution in [0.25, 0.3) is 0 Å². The smallest absolute Gasteiger partial charge is 0.241 e. The highest BCUT2D eigenvalue weighted by Gasteiger charge is 2.25. The van der Waals surface area contributed by atoms with Crippen molar-refractivity contribution in [2.24, 2.45) is 5.92 Å². The Morgan fingerprint density at radius 3 is 2.78 bits per heavy atom. The summed E-state index contributed by atoms with van der Waals surface area (Å²) in [5, 5.41) is 3.30. The van der Waals surface area contributed by atoms with Gasteiger partial charge in [0.15, 0.2) is 0 Å². The summed E-state index contributed by atoms with van der Waals surface area (Å²) in [7, 11) is 1.81.